The van der Waals surface area contributed by atoms with Crippen molar-refractivity contribution in [2.24, 2.45) is 0 Å². The largest absolute Gasteiger partial charge is 0.444 e. The molecule has 1 aromatic rings. The molecule has 5 heteroatoms. The SMILES string of the molecule is CC(C)(C)OC(=O)N1[C@@H](C=C(Br)c2ccccc2)COC1(C)C. The average Bonchev–Trinajstić information content (AvgIpc) is 2.72. The molecule has 2 rings (SSSR count). The molecule has 0 saturated carbocycles. The minimum atomic E-state index is -0.701. The smallest absolute Gasteiger partial charge is 0.413 e. The van der Waals surface area contributed by atoms with Crippen LogP contribution < -0.4 is 0 Å². The van der Waals surface area contributed by atoms with Crippen molar-refractivity contribution >= 4 is 26.5 Å². The van der Waals surface area contributed by atoms with Crippen LogP contribution in [0.2, 0.25) is 0 Å². The molecule has 23 heavy (non-hydrogen) atoms. The number of carbonyl (C=O) groups is 1. The van der Waals surface area contributed by atoms with Crippen molar-refractivity contribution in [3.05, 3.63) is 42.0 Å². The van der Waals surface area contributed by atoms with Gasteiger partial charge in [-0.25, -0.2) is 4.79 Å². The van der Waals surface area contributed by atoms with E-state index in [1.54, 1.807) is 4.90 Å². The van der Waals surface area contributed by atoms with Gasteiger partial charge in [0, 0.05) is 4.48 Å². The first-order chi connectivity index (χ1) is 10.6. The monoisotopic (exact) mass is 381 g/mol. The van der Waals surface area contributed by atoms with Crippen molar-refractivity contribution in [1.82, 2.24) is 4.90 Å². The van der Waals surface area contributed by atoms with Crippen molar-refractivity contribution in [3.63, 3.8) is 0 Å². The zero-order valence-corrected chi connectivity index (χ0v) is 15.9. The highest BCUT2D eigenvalue weighted by molar-refractivity contribution is 9.15. The Morgan fingerprint density at radius 2 is 1.96 bits per heavy atom. The Morgan fingerprint density at radius 3 is 2.52 bits per heavy atom. The first-order valence-electron chi connectivity index (χ1n) is 7.69. The van der Waals surface area contributed by atoms with E-state index < -0.39 is 11.3 Å². The summed E-state index contributed by atoms with van der Waals surface area (Å²) in [6.45, 7) is 9.77. The van der Waals surface area contributed by atoms with Gasteiger partial charge in [0.05, 0.1) is 12.6 Å². The highest BCUT2D eigenvalue weighted by Gasteiger charge is 2.44. The van der Waals surface area contributed by atoms with Gasteiger partial charge in [-0.2, -0.15) is 0 Å². The molecule has 1 amide bonds. The summed E-state index contributed by atoms with van der Waals surface area (Å²) in [5, 5.41) is 0. The van der Waals surface area contributed by atoms with E-state index in [9.17, 15) is 4.79 Å². The lowest BCUT2D eigenvalue weighted by molar-refractivity contribution is -0.0610. The van der Waals surface area contributed by atoms with Crippen LogP contribution in [0.1, 0.15) is 40.2 Å². The van der Waals surface area contributed by atoms with Gasteiger partial charge in [-0.15, -0.1) is 0 Å². The van der Waals surface area contributed by atoms with Crippen LogP contribution in [0.5, 0.6) is 0 Å². The lowest BCUT2D eigenvalue weighted by atomic mass is 10.1. The van der Waals surface area contributed by atoms with Crippen LogP contribution in [0.25, 0.3) is 4.48 Å². The number of benzene rings is 1. The van der Waals surface area contributed by atoms with E-state index in [4.69, 9.17) is 9.47 Å². The second-order valence-electron chi connectivity index (χ2n) is 7.06. The summed E-state index contributed by atoms with van der Waals surface area (Å²) in [5.41, 5.74) is -0.185. The maximum Gasteiger partial charge on any atom is 0.413 e. The van der Waals surface area contributed by atoms with Crippen LogP contribution in [-0.2, 0) is 9.47 Å². The van der Waals surface area contributed by atoms with Crippen molar-refractivity contribution < 1.29 is 14.3 Å². The molecular weight excluding hydrogens is 358 g/mol. The summed E-state index contributed by atoms with van der Waals surface area (Å²) in [7, 11) is 0. The Kier molecular flexibility index (Phi) is 5.21. The lowest BCUT2D eigenvalue weighted by Gasteiger charge is -2.34. The van der Waals surface area contributed by atoms with E-state index in [1.807, 2.05) is 71.0 Å². The van der Waals surface area contributed by atoms with Gasteiger partial charge < -0.3 is 9.47 Å². The second kappa shape index (κ2) is 6.65. The summed E-state index contributed by atoms with van der Waals surface area (Å²) in [6, 6.07) is 9.77. The van der Waals surface area contributed by atoms with E-state index in [1.165, 1.54) is 0 Å². The fourth-order valence-electron chi connectivity index (χ4n) is 2.48. The number of halogens is 1. The highest BCUT2D eigenvalue weighted by Crippen LogP contribution is 2.32. The number of nitrogens with zero attached hydrogens (tertiary/aromatic N) is 1. The standard InChI is InChI=1S/C18H24BrNO3/c1-17(2,3)23-16(21)20-14(12-22-18(20,4)5)11-15(19)13-9-7-6-8-10-13/h6-11,14H,12H2,1-5H3/t14-/m0/s1. The molecule has 126 valence electrons. The lowest BCUT2D eigenvalue weighted by Crippen LogP contribution is -2.49. The third-order valence-electron chi connectivity index (χ3n) is 3.50. The molecule has 0 bridgehead atoms. The number of hydrogen-bond acceptors (Lipinski definition) is 3. The van der Waals surface area contributed by atoms with Gasteiger partial charge in [-0.1, -0.05) is 46.3 Å². The zero-order valence-electron chi connectivity index (χ0n) is 14.3. The second-order valence-corrected chi connectivity index (χ2v) is 7.91. The third-order valence-corrected chi connectivity index (χ3v) is 4.22. The van der Waals surface area contributed by atoms with Gasteiger partial charge in [-0.3, -0.25) is 4.90 Å². The summed E-state index contributed by atoms with van der Waals surface area (Å²) < 4.78 is 12.3. The maximum absolute atomic E-state index is 12.6. The number of rotatable bonds is 2. The third kappa shape index (κ3) is 4.58. The van der Waals surface area contributed by atoms with Crippen molar-refractivity contribution in [1.29, 1.82) is 0 Å². The van der Waals surface area contributed by atoms with Gasteiger partial charge in [0.2, 0.25) is 0 Å². The summed E-state index contributed by atoms with van der Waals surface area (Å²) in [5.74, 6) is 0. The van der Waals surface area contributed by atoms with E-state index in [0.717, 1.165) is 10.0 Å². The summed E-state index contributed by atoms with van der Waals surface area (Å²) in [6.07, 6.45) is 1.63. The molecule has 1 aromatic carbocycles. The summed E-state index contributed by atoms with van der Waals surface area (Å²) >= 11 is 3.60. The Balaban J connectivity index is 2.25. The molecule has 1 fully saturated rings. The molecule has 0 aromatic heterocycles. The molecule has 1 aliphatic heterocycles. The zero-order chi connectivity index (χ0) is 17.3. The normalized spacial score (nSPS) is 21.4. The molecule has 1 atom stereocenters. The minimum absolute atomic E-state index is 0.186. The fraction of sp³-hybridized carbons (Fsp3) is 0.500. The number of hydrogen-bond donors (Lipinski definition) is 0. The molecular formula is C18H24BrNO3. The Labute approximate surface area is 146 Å². The predicted molar refractivity (Wildman–Crippen MR) is 95.2 cm³/mol. The summed E-state index contributed by atoms with van der Waals surface area (Å²) in [4.78, 5) is 14.2. The van der Waals surface area contributed by atoms with Gasteiger partial charge in [0.25, 0.3) is 0 Å². The van der Waals surface area contributed by atoms with Crippen LogP contribution in [0, 0.1) is 0 Å². The van der Waals surface area contributed by atoms with Crippen molar-refractivity contribution in [2.75, 3.05) is 6.61 Å². The number of ether oxygens (including phenoxy) is 2. The van der Waals surface area contributed by atoms with Gasteiger partial charge in [0.15, 0.2) is 0 Å². The van der Waals surface area contributed by atoms with Crippen molar-refractivity contribution in [2.45, 2.75) is 52.0 Å². The highest BCUT2D eigenvalue weighted by atomic mass is 79.9. The van der Waals surface area contributed by atoms with Gasteiger partial charge in [-0.05, 0) is 46.3 Å². The van der Waals surface area contributed by atoms with Gasteiger partial charge in [0.1, 0.15) is 11.3 Å². The molecule has 1 heterocycles. The molecule has 0 radical (unpaired) electrons. The minimum Gasteiger partial charge on any atom is -0.444 e. The number of amides is 1. The predicted octanol–water partition coefficient (Wildman–Crippen LogP) is 4.79. The molecule has 4 nitrogen and oxygen atoms in total. The topological polar surface area (TPSA) is 38.8 Å². The van der Waals surface area contributed by atoms with Crippen LogP contribution in [0.4, 0.5) is 4.79 Å². The fourth-order valence-corrected chi connectivity index (χ4v) is 3.05. The van der Waals surface area contributed by atoms with E-state index >= 15 is 0 Å². The Bertz CT molecular complexity index is 590. The van der Waals surface area contributed by atoms with Crippen LogP contribution in [-0.4, -0.2) is 35.0 Å². The van der Waals surface area contributed by atoms with E-state index in [-0.39, 0.29) is 12.1 Å². The maximum atomic E-state index is 12.6. The number of carbonyl (C=O) groups excluding carboxylic acids is 1. The first-order valence-corrected chi connectivity index (χ1v) is 8.48. The molecule has 1 saturated heterocycles. The Hall–Kier alpha value is -1.33. The molecule has 1 aliphatic rings. The Morgan fingerprint density at radius 1 is 1.35 bits per heavy atom. The van der Waals surface area contributed by atoms with E-state index in [0.29, 0.717) is 6.61 Å². The van der Waals surface area contributed by atoms with Crippen molar-refractivity contribution in [3.8, 4) is 0 Å². The van der Waals surface area contributed by atoms with Crippen LogP contribution in [0.15, 0.2) is 36.4 Å². The molecule has 0 unspecified atom stereocenters. The quantitative estimate of drug-likeness (QED) is 0.738. The van der Waals surface area contributed by atoms with Crippen LogP contribution >= 0.6 is 15.9 Å². The van der Waals surface area contributed by atoms with Crippen LogP contribution in [0.3, 0.4) is 0 Å². The van der Waals surface area contributed by atoms with Gasteiger partial charge >= 0.3 is 6.09 Å². The first kappa shape index (κ1) is 18.0. The molecule has 0 N–H and O–H groups in total. The average molecular weight is 382 g/mol. The molecule has 0 aliphatic carbocycles. The van der Waals surface area contributed by atoms with E-state index in [2.05, 4.69) is 15.9 Å². The molecule has 0 spiro atoms.